The molecule has 0 heterocycles. The van der Waals surface area contributed by atoms with Crippen LogP contribution in [0.25, 0.3) is 0 Å². The van der Waals surface area contributed by atoms with Crippen LogP contribution >= 0.6 is 0 Å². The van der Waals surface area contributed by atoms with Gasteiger partial charge in [0, 0.05) is 0 Å². The third kappa shape index (κ3) is 18.1. The van der Waals surface area contributed by atoms with Crippen molar-refractivity contribution in [2.75, 3.05) is 0 Å². The SMILES string of the molecule is CC.CC.CC1CCCCCCC1.CC1CCCCCCC1. The lowest BCUT2D eigenvalue weighted by molar-refractivity contribution is 0.404. The lowest BCUT2D eigenvalue weighted by Gasteiger charge is -2.13. The van der Waals surface area contributed by atoms with Gasteiger partial charge in [0.2, 0.25) is 0 Å². The van der Waals surface area contributed by atoms with Crippen molar-refractivity contribution >= 4 is 0 Å². The number of hydrogen-bond acceptors (Lipinski definition) is 0. The highest BCUT2D eigenvalue weighted by molar-refractivity contribution is 4.59. The van der Waals surface area contributed by atoms with Gasteiger partial charge in [-0.05, 0) is 11.8 Å². The molecule has 0 aromatic rings. The van der Waals surface area contributed by atoms with Crippen LogP contribution in [0.4, 0.5) is 0 Å². The summed E-state index contributed by atoms with van der Waals surface area (Å²) in [6, 6.07) is 0. The largest absolute Gasteiger partial charge is 0.0683 e. The Morgan fingerprint density at radius 1 is 0.364 bits per heavy atom. The van der Waals surface area contributed by atoms with Gasteiger partial charge in [-0.2, -0.15) is 0 Å². The third-order valence-electron chi connectivity index (χ3n) is 4.79. The first-order chi connectivity index (χ1) is 10.8. The summed E-state index contributed by atoms with van der Waals surface area (Å²) in [5.41, 5.74) is 0. The second-order valence-corrected chi connectivity index (χ2v) is 6.90. The minimum Gasteiger partial charge on any atom is -0.0683 e. The van der Waals surface area contributed by atoms with Crippen LogP contribution in [0.3, 0.4) is 0 Å². The van der Waals surface area contributed by atoms with E-state index in [1.807, 2.05) is 27.7 Å². The standard InChI is InChI=1S/2C9H18.2C2H6/c2*1-9-7-5-3-2-4-6-8-9;2*1-2/h2*9H,2-8H2,1H3;2*1-2H3. The van der Waals surface area contributed by atoms with Crippen molar-refractivity contribution in [3.05, 3.63) is 0 Å². The van der Waals surface area contributed by atoms with Gasteiger partial charge in [0.25, 0.3) is 0 Å². The average Bonchev–Trinajstić information content (AvgIpc) is 2.52. The molecule has 2 aliphatic rings. The normalized spacial score (nSPS) is 21.0. The highest BCUT2D eigenvalue weighted by atomic mass is 14.1. The van der Waals surface area contributed by atoms with E-state index in [2.05, 4.69) is 13.8 Å². The second-order valence-electron chi connectivity index (χ2n) is 6.90. The van der Waals surface area contributed by atoms with Crippen LogP contribution in [0, 0.1) is 11.8 Å². The zero-order valence-electron chi connectivity index (χ0n) is 17.1. The Bertz CT molecular complexity index is 137. The zero-order valence-corrected chi connectivity index (χ0v) is 17.1. The maximum absolute atomic E-state index is 2.39. The minimum absolute atomic E-state index is 1.02. The van der Waals surface area contributed by atoms with Gasteiger partial charge >= 0.3 is 0 Å². The summed E-state index contributed by atoms with van der Waals surface area (Å²) in [7, 11) is 0. The first kappa shape index (κ1) is 24.3. The van der Waals surface area contributed by atoms with E-state index in [4.69, 9.17) is 0 Å². The molecule has 0 aliphatic heterocycles. The minimum atomic E-state index is 1.02. The molecular weight excluding hydrogens is 264 g/mol. The molecule has 2 aliphatic carbocycles. The molecule has 0 saturated heterocycles. The Labute approximate surface area is 143 Å². The quantitative estimate of drug-likeness (QED) is 0.419. The van der Waals surface area contributed by atoms with E-state index >= 15 is 0 Å². The van der Waals surface area contributed by atoms with Crippen molar-refractivity contribution in [1.82, 2.24) is 0 Å². The molecule has 2 fully saturated rings. The lowest BCUT2D eigenvalue weighted by Crippen LogP contribution is -1.97. The summed E-state index contributed by atoms with van der Waals surface area (Å²) < 4.78 is 0. The number of hydrogen-bond donors (Lipinski definition) is 0. The zero-order chi connectivity index (χ0) is 17.1. The van der Waals surface area contributed by atoms with Crippen LogP contribution in [0.1, 0.15) is 131 Å². The van der Waals surface area contributed by atoms with E-state index in [9.17, 15) is 0 Å². The summed E-state index contributed by atoms with van der Waals surface area (Å²) in [6.07, 6.45) is 20.8. The van der Waals surface area contributed by atoms with Gasteiger partial charge in [-0.1, -0.05) is 131 Å². The second kappa shape index (κ2) is 21.0. The highest BCUT2D eigenvalue weighted by Gasteiger charge is 2.05. The lowest BCUT2D eigenvalue weighted by atomic mass is 9.93. The van der Waals surface area contributed by atoms with E-state index in [0.717, 1.165) is 11.8 Å². The van der Waals surface area contributed by atoms with Crippen LogP contribution in [0.5, 0.6) is 0 Å². The maximum atomic E-state index is 2.39. The van der Waals surface area contributed by atoms with Gasteiger partial charge in [0.05, 0.1) is 0 Å². The Balaban J connectivity index is 0. The molecule has 0 nitrogen and oxygen atoms in total. The average molecular weight is 313 g/mol. The molecule has 0 spiro atoms. The van der Waals surface area contributed by atoms with E-state index in [1.54, 1.807) is 0 Å². The van der Waals surface area contributed by atoms with Crippen LogP contribution in [-0.4, -0.2) is 0 Å². The van der Waals surface area contributed by atoms with E-state index in [0.29, 0.717) is 0 Å². The predicted molar refractivity (Wildman–Crippen MR) is 106 cm³/mol. The summed E-state index contributed by atoms with van der Waals surface area (Å²) in [4.78, 5) is 0. The Morgan fingerprint density at radius 2 is 0.545 bits per heavy atom. The molecule has 0 atom stereocenters. The van der Waals surface area contributed by atoms with Gasteiger partial charge in [0.15, 0.2) is 0 Å². The first-order valence-electron chi connectivity index (χ1n) is 10.8. The summed E-state index contributed by atoms with van der Waals surface area (Å²) in [5, 5.41) is 0. The van der Waals surface area contributed by atoms with Crippen molar-refractivity contribution < 1.29 is 0 Å². The molecule has 22 heavy (non-hydrogen) atoms. The molecule has 0 aromatic carbocycles. The molecule has 136 valence electrons. The van der Waals surface area contributed by atoms with Gasteiger partial charge in [0.1, 0.15) is 0 Å². The van der Waals surface area contributed by atoms with Gasteiger partial charge in [-0.3, -0.25) is 0 Å². The van der Waals surface area contributed by atoms with Crippen molar-refractivity contribution in [2.24, 2.45) is 11.8 Å². The molecule has 0 amide bonds. The van der Waals surface area contributed by atoms with Crippen LogP contribution in [0.15, 0.2) is 0 Å². The van der Waals surface area contributed by atoms with E-state index in [1.165, 1.54) is 89.9 Å². The van der Waals surface area contributed by atoms with Crippen molar-refractivity contribution in [3.8, 4) is 0 Å². The highest BCUT2D eigenvalue weighted by Crippen LogP contribution is 2.21. The first-order valence-corrected chi connectivity index (χ1v) is 10.8. The summed E-state index contributed by atoms with van der Waals surface area (Å²) in [5.74, 6) is 2.04. The fraction of sp³-hybridized carbons (Fsp3) is 1.00. The molecular formula is C22H48. The Morgan fingerprint density at radius 3 is 0.773 bits per heavy atom. The van der Waals surface area contributed by atoms with Crippen LogP contribution in [0.2, 0.25) is 0 Å². The van der Waals surface area contributed by atoms with Crippen LogP contribution < -0.4 is 0 Å². The van der Waals surface area contributed by atoms with Gasteiger partial charge in [-0.15, -0.1) is 0 Å². The molecule has 0 bridgehead atoms. The number of rotatable bonds is 0. The maximum Gasteiger partial charge on any atom is -0.0443 e. The smallest absolute Gasteiger partial charge is 0.0443 e. The molecule has 0 heteroatoms. The molecule has 0 unspecified atom stereocenters. The van der Waals surface area contributed by atoms with Crippen molar-refractivity contribution in [2.45, 2.75) is 131 Å². The predicted octanol–water partition coefficient (Wildman–Crippen LogP) is 8.79. The fourth-order valence-corrected chi connectivity index (χ4v) is 3.32. The molecule has 0 aromatic heterocycles. The third-order valence-corrected chi connectivity index (χ3v) is 4.79. The monoisotopic (exact) mass is 312 g/mol. The summed E-state index contributed by atoms with van der Waals surface area (Å²) in [6.45, 7) is 12.8. The Hall–Kier alpha value is 0. The topological polar surface area (TPSA) is 0 Å². The molecule has 2 rings (SSSR count). The van der Waals surface area contributed by atoms with E-state index < -0.39 is 0 Å². The Kier molecular flexibility index (Phi) is 23.2. The van der Waals surface area contributed by atoms with Gasteiger partial charge in [-0.25, -0.2) is 0 Å². The van der Waals surface area contributed by atoms with Crippen LogP contribution in [-0.2, 0) is 0 Å². The van der Waals surface area contributed by atoms with Crippen molar-refractivity contribution in [3.63, 3.8) is 0 Å². The molecule has 0 radical (unpaired) electrons. The summed E-state index contributed by atoms with van der Waals surface area (Å²) >= 11 is 0. The van der Waals surface area contributed by atoms with Gasteiger partial charge < -0.3 is 0 Å². The van der Waals surface area contributed by atoms with E-state index in [-0.39, 0.29) is 0 Å². The molecule has 0 N–H and O–H groups in total. The fourth-order valence-electron chi connectivity index (χ4n) is 3.32. The van der Waals surface area contributed by atoms with Crippen molar-refractivity contribution in [1.29, 1.82) is 0 Å². The molecule has 2 saturated carbocycles.